The molecule has 2 fully saturated rings. The fraction of sp³-hybridized carbons (Fsp3) is 0.550. The van der Waals surface area contributed by atoms with Crippen LogP contribution in [0.1, 0.15) is 44.6 Å². The maximum atomic E-state index is 13.4. The number of rotatable bonds is 5. The normalized spacial score (nSPS) is 19.1. The Morgan fingerprint density at radius 1 is 1.22 bits per heavy atom. The van der Waals surface area contributed by atoms with E-state index in [-0.39, 0.29) is 30.7 Å². The van der Waals surface area contributed by atoms with Crippen molar-refractivity contribution in [2.45, 2.75) is 51.1 Å². The molecule has 7 heteroatoms. The molecule has 27 heavy (non-hydrogen) atoms. The maximum absolute atomic E-state index is 13.4. The number of hydrogen-bond donors (Lipinski definition) is 0. The van der Waals surface area contributed by atoms with Crippen molar-refractivity contribution in [1.29, 1.82) is 0 Å². The minimum absolute atomic E-state index is 0.240. The molecule has 6 nitrogen and oxygen atoms in total. The first-order valence-electron chi connectivity index (χ1n) is 9.51. The van der Waals surface area contributed by atoms with Crippen molar-refractivity contribution < 1.29 is 18.8 Å². The van der Waals surface area contributed by atoms with E-state index in [0.29, 0.717) is 24.9 Å². The zero-order valence-corrected chi connectivity index (χ0v) is 15.9. The van der Waals surface area contributed by atoms with Crippen LogP contribution in [0.5, 0.6) is 0 Å². The van der Waals surface area contributed by atoms with Gasteiger partial charge in [0.25, 0.3) is 5.91 Å². The Morgan fingerprint density at radius 3 is 2.56 bits per heavy atom. The molecule has 0 radical (unpaired) electrons. The highest BCUT2D eigenvalue weighted by atomic mass is 19.1. The standard InChI is InChI=1S/C20H26FN3O3/c1-3-23(13-15-8-7-9-16(21)12-15)17(25)14-24-18(26)20(22(2)19(24)27)10-5-4-6-11-20/h7-9,12H,3-6,10-11,13-14H2,1-2H3. The van der Waals surface area contributed by atoms with E-state index in [4.69, 9.17) is 0 Å². The molecule has 4 amide bonds. The predicted octanol–water partition coefficient (Wildman–Crippen LogP) is 2.77. The molecule has 1 heterocycles. The van der Waals surface area contributed by atoms with Crippen molar-refractivity contribution in [2.24, 2.45) is 0 Å². The molecule has 2 aliphatic rings. The Morgan fingerprint density at radius 2 is 1.93 bits per heavy atom. The average Bonchev–Trinajstić information content (AvgIpc) is 2.83. The van der Waals surface area contributed by atoms with Gasteiger partial charge in [0.1, 0.15) is 17.9 Å². The Hall–Kier alpha value is -2.44. The van der Waals surface area contributed by atoms with E-state index in [9.17, 15) is 18.8 Å². The fourth-order valence-electron chi connectivity index (χ4n) is 4.14. The second-order valence-corrected chi connectivity index (χ2v) is 7.36. The third-order valence-electron chi connectivity index (χ3n) is 5.77. The van der Waals surface area contributed by atoms with Crippen molar-refractivity contribution in [2.75, 3.05) is 20.1 Å². The summed E-state index contributed by atoms with van der Waals surface area (Å²) in [6.45, 7) is 2.20. The van der Waals surface area contributed by atoms with Crippen LogP contribution in [0.15, 0.2) is 24.3 Å². The third kappa shape index (κ3) is 3.55. The predicted molar refractivity (Wildman–Crippen MR) is 98.2 cm³/mol. The van der Waals surface area contributed by atoms with Gasteiger partial charge in [-0.1, -0.05) is 31.4 Å². The molecule has 1 spiro atoms. The van der Waals surface area contributed by atoms with Crippen LogP contribution in [0.2, 0.25) is 0 Å². The van der Waals surface area contributed by atoms with Crippen molar-refractivity contribution in [1.82, 2.24) is 14.7 Å². The molecule has 1 aromatic rings. The Bertz CT molecular complexity index is 746. The summed E-state index contributed by atoms with van der Waals surface area (Å²) in [5, 5.41) is 0. The summed E-state index contributed by atoms with van der Waals surface area (Å²) >= 11 is 0. The summed E-state index contributed by atoms with van der Waals surface area (Å²) in [6.07, 6.45) is 4.18. The van der Waals surface area contributed by atoms with Gasteiger partial charge in [-0.2, -0.15) is 0 Å². The molecule has 1 aliphatic heterocycles. The molecule has 1 aromatic carbocycles. The van der Waals surface area contributed by atoms with Gasteiger partial charge < -0.3 is 9.80 Å². The SMILES string of the molecule is CCN(Cc1cccc(F)c1)C(=O)CN1C(=O)N(C)C2(CCCCC2)C1=O. The number of carbonyl (C=O) groups is 3. The van der Waals surface area contributed by atoms with Gasteiger partial charge in [0.05, 0.1) is 0 Å². The molecule has 1 saturated heterocycles. The van der Waals surface area contributed by atoms with Gasteiger partial charge in [0.15, 0.2) is 0 Å². The zero-order chi connectivity index (χ0) is 19.6. The summed E-state index contributed by atoms with van der Waals surface area (Å²) in [6, 6.07) is 5.67. The second-order valence-electron chi connectivity index (χ2n) is 7.36. The van der Waals surface area contributed by atoms with Crippen LogP contribution < -0.4 is 0 Å². The molecule has 1 aliphatic carbocycles. The van der Waals surface area contributed by atoms with Crippen molar-refractivity contribution in [3.05, 3.63) is 35.6 Å². The van der Waals surface area contributed by atoms with Gasteiger partial charge >= 0.3 is 6.03 Å². The smallest absolute Gasteiger partial charge is 0.327 e. The number of urea groups is 1. The fourth-order valence-corrected chi connectivity index (χ4v) is 4.14. The number of hydrogen-bond acceptors (Lipinski definition) is 3. The van der Waals surface area contributed by atoms with Gasteiger partial charge in [-0.15, -0.1) is 0 Å². The Labute approximate surface area is 158 Å². The van der Waals surface area contributed by atoms with E-state index in [1.54, 1.807) is 19.2 Å². The molecule has 0 N–H and O–H groups in total. The first kappa shape index (κ1) is 19.3. The third-order valence-corrected chi connectivity index (χ3v) is 5.77. The summed E-state index contributed by atoms with van der Waals surface area (Å²) in [5.41, 5.74) is -0.111. The molecular formula is C20H26FN3O3. The summed E-state index contributed by atoms with van der Waals surface area (Å²) in [7, 11) is 1.65. The molecular weight excluding hydrogens is 349 g/mol. The number of nitrogens with zero attached hydrogens (tertiary/aromatic N) is 3. The van der Waals surface area contributed by atoms with Crippen LogP contribution in [0.25, 0.3) is 0 Å². The number of amides is 4. The summed E-state index contributed by atoms with van der Waals surface area (Å²) in [5.74, 6) is -0.934. The van der Waals surface area contributed by atoms with E-state index in [1.807, 2.05) is 6.92 Å². The molecule has 146 valence electrons. The first-order chi connectivity index (χ1) is 12.9. The Kier molecular flexibility index (Phi) is 5.48. The lowest BCUT2D eigenvalue weighted by Gasteiger charge is -2.35. The largest absolute Gasteiger partial charge is 0.337 e. The average molecular weight is 375 g/mol. The van der Waals surface area contributed by atoms with Crippen LogP contribution in [-0.2, 0) is 16.1 Å². The van der Waals surface area contributed by atoms with Crippen molar-refractivity contribution in [3.63, 3.8) is 0 Å². The van der Waals surface area contributed by atoms with Crippen LogP contribution >= 0.6 is 0 Å². The first-order valence-corrected chi connectivity index (χ1v) is 9.51. The van der Waals surface area contributed by atoms with Gasteiger partial charge in [-0.3, -0.25) is 14.5 Å². The summed E-state index contributed by atoms with van der Waals surface area (Å²) in [4.78, 5) is 42.5. The molecule has 0 unspecified atom stereocenters. The minimum atomic E-state index is -0.783. The number of carbonyl (C=O) groups excluding carboxylic acids is 3. The molecule has 3 rings (SSSR count). The van der Waals surface area contributed by atoms with Gasteiger partial charge in [-0.25, -0.2) is 9.18 Å². The highest BCUT2D eigenvalue weighted by Gasteiger charge is 2.55. The Balaban J connectivity index is 1.72. The monoisotopic (exact) mass is 375 g/mol. The van der Waals surface area contributed by atoms with Gasteiger partial charge in [0.2, 0.25) is 5.91 Å². The summed E-state index contributed by atoms with van der Waals surface area (Å²) < 4.78 is 13.4. The van der Waals surface area contributed by atoms with E-state index in [1.165, 1.54) is 21.9 Å². The van der Waals surface area contributed by atoms with Gasteiger partial charge in [0, 0.05) is 20.1 Å². The number of imide groups is 1. The van der Waals surface area contributed by atoms with Gasteiger partial charge in [-0.05, 0) is 37.5 Å². The molecule has 0 bridgehead atoms. The van der Waals surface area contributed by atoms with Crippen molar-refractivity contribution >= 4 is 17.8 Å². The number of halogens is 1. The van der Waals surface area contributed by atoms with Crippen LogP contribution in [-0.4, -0.2) is 58.2 Å². The highest BCUT2D eigenvalue weighted by molar-refractivity contribution is 6.08. The van der Waals surface area contributed by atoms with E-state index in [2.05, 4.69) is 0 Å². The molecule has 0 atom stereocenters. The minimum Gasteiger partial charge on any atom is -0.337 e. The van der Waals surface area contributed by atoms with Crippen LogP contribution in [0, 0.1) is 5.82 Å². The van der Waals surface area contributed by atoms with Crippen molar-refractivity contribution in [3.8, 4) is 0 Å². The zero-order valence-electron chi connectivity index (χ0n) is 15.9. The topological polar surface area (TPSA) is 60.9 Å². The highest BCUT2D eigenvalue weighted by Crippen LogP contribution is 2.39. The number of likely N-dealkylation sites (N-methyl/N-ethyl adjacent to an activating group) is 2. The van der Waals surface area contributed by atoms with E-state index in [0.717, 1.165) is 24.2 Å². The van der Waals surface area contributed by atoms with E-state index < -0.39 is 11.6 Å². The van der Waals surface area contributed by atoms with Crippen LogP contribution in [0.3, 0.4) is 0 Å². The second kappa shape index (κ2) is 7.66. The lowest BCUT2D eigenvalue weighted by atomic mass is 9.81. The lowest BCUT2D eigenvalue weighted by Crippen LogP contribution is -2.49. The maximum Gasteiger partial charge on any atom is 0.327 e. The van der Waals surface area contributed by atoms with E-state index >= 15 is 0 Å². The molecule has 1 saturated carbocycles. The quantitative estimate of drug-likeness (QED) is 0.744. The lowest BCUT2D eigenvalue weighted by molar-refractivity contribution is -0.140. The number of benzene rings is 1. The van der Waals surface area contributed by atoms with Crippen LogP contribution in [0.4, 0.5) is 9.18 Å². The molecule has 0 aromatic heterocycles.